The van der Waals surface area contributed by atoms with Crippen LogP contribution in [0.15, 0.2) is 12.4 Å². The smallest absolute Gasteiger partial charge is 0.216 e. The number of aromatic nitrogens is 2. The standard InChI is InChI=1S/C14H22N2O3/c1-18-14-9-11(15-10-16-14)8-12(17)5-6-13-4-2-3-7-19-13/h9-10,12-13,17H,2-8H2,1H3. The minimum absolute atomic E-state index is 0.323. The van der Waals surface area contributed by atoms with Gasteiger partial charge < -0.3 is 14.6 Å². The van der Waals surface area contributed by atoms with Crippen LogP contribution in [0.2, 0.25) is 0 Å². The first-order valence-electron chi connectivity index (χ1n) is 6.92. The molecule has 2 rings (SSSR count). The summed E-state index contributed by atoms with van der Waals surface area (Å²) in [6.07, 6.45) is 7.13. The molecular formula is C14H22N2O3. The van der Waals surface area contributed by atoms with Gasteiger partial charge in [0.25, 0.3) is 0 Å². The van der Waals surface area contributed by atoms with Crippen LogP contribution in [-0.4, -0.2) is 41.0 Å². The second-order valence-corrected chi connectivity index (χ2v) is 4.98. The molecule has 19 heavy (non-hydrogen) atoms. The number of methoxy groups -OCH3 is 1. The van der Waals surface area contributed by atoms with Crippen molar-refractivity contribution in [1.29, 1.82) is 0 Å². The van der Waals surface area contributed by atoms with Crippen LogP contribution in [0.5, 0.6) is 5.88 Å². The second kappa shape index (κ2) is 7.40. The summed E-state index contributed by atoms with van der Waals surface area (Å²) in [5, 5.41) is 10.0. The molecule has 1 fully saturated rings. The largest absolute Gasteiger partial charge is 0.481 e. The highest BCUT2D eigenvalue weighted by molar-refractivity contribution is 5.13. The van der Waals surface area contributed by atoms with E-state index in [0.29, 0.717) is 18.4 Å². The number of hydrogen-bond acceptors (Lipinski definition) is 5. The zero-order chi connectivity index (χ0) is 13.5. The molecule has 0 bridgehead atoms. The third-order valence-electron chi connectivity index (χ3n) is 3.45. The molecule has 0 amide bonds. The Morgan fingerprint density at radius 2 is 2.37 bits per heavy atom. The molecule has 0 saturated carbocycles. The molecule has 1 N–H and O–H groups in total. The van der Waals surface area contributed by atoms with Crippen molar-refractivity contribution >= 4 is 0 Å². The number of aliphatic hydroxyl groups excluding tert-OH is 1. The van der Waals surface area contributed by atoms with E-state index in [0.717, 1.165) is 31.6 Å². The van der Waals surface area contributed by atoms with Crippen LogP contribution >= 0.6 is 0 Å². The van der Waals surface area contributed by atoms with Crippen LogP contribution in [-0.2, 0) is 11.2 Å². The quantitative estimate of drug-likeness (QED) is 0.849. The Bertz CT molecular complexity index is 381. The van der Waals surface area contributed by atoms with Crippen LogP contribution < -0.4 is 4.74 Å². The molecule has 1 aromatic rings. The molecule has 1 saturated heterocycles. The van der Waals surface area contributed by atoms with E-state index in [9.17, 15) is 5.11 Å². The van der Waals surface area contributed by atoms with Gasteiger partial charge in [-0.2, -0.15) is 0 Å². The third kappa shape index (κ3) is 4.76. The van der Waals surface area contributed by atoms with Crippen LogP contribution in [0.25, 0.3) is 0 Å². The molecule has 2 unspecified atom stereocenters. The first-order valence-corrected chi connectivity index (χ1v) is 6.92. The zero-order valence-electron chi connectivity index (χ0n) is 11.4. The molecule has 2 atom stereocenters. The summed E-state index contributed by atoms with van der Waals surface area (Å²) in [5.41, 5.74) is 0.809. The maximum atomic E-state index is 10.0. The lowest BCUT2D eigenvalue weighted by Gasteiger charge is -2.23. The summed E-state index contributed by atoms with van der Waals surface area (Å²) in [6.45, 7) is 0.865. The molecule has 2 heterocycles. The van der Waals surface area contributed by atoms with Gasteiger partial charge in [-0.05, 0) is 32.1 Å². The second-order valence-electron chi connectivity index (χ2n) is 4.98. The van der Waals surface area contributed by atoms with Gasteiger partial charge in [0.1, 0.15) is 6.33 Å². The third-order valence-corrected chi connectivity index (χ3v) is 3.45. The van der Waals surface area contributed by atoms with E-state index in [1.54, 1.807) is 13.2 Å². The summed E-state index contributed by atoms with van der Waals surface area (Å²) in [5.74, 6) is 0.535. The average molecular weight is 266 g/mol. The molecule has 1 aromatic heterocycles. The lowest BCUT2D eigenvalue weighted by Crippen LogP contribution is -2.22. The highest BCUT2D eigenvalue weighted by atomic mass is 16.5. The van der Waals surface area contributed by atoms with E-state index in [1.165, 1.54) is 19.2 Å². The first kappa shape index (κ1) is 14.2. The van der Waals surface area contributed by atoms with Crippen molar-refractivity contribution in [3.8, 4) is 5.88 Å². The zero-order valence-corrected chi connectivity index (χ0v) is 11.4. The predicted molar refractivity (Wildman–Crippen MR) is 71.1 cm³/mol. The van der Waals surface area contributed by atoms with E-state index < -0.39 is 0 Å². The van der Waals surface area contributed by atoms with Crippen molar-refractivity contribution < 1.29 is 14.6 Å². The molecule has 0 spiro atoms. The lowest BCUT2D eigenvalue weighted by atomic mass is 10.0. The van der Waals surface area contributed by atoms with E-state index in [4.69, 9.17) is 9.47 Å². The Labute approximate surface area is 114 Å². The highest BCUT2D eigenvalue weighted by Gasteiger charge is 2.16. The van der Waals surface area contributed by atoms with Crippen molar-refractivity contribution in [3.05, 3.63) is 18.1 Å². The van der Waals surface area contributed by atoms with Gasteiger partial charge in [-0.3, -0.25) is 0 Å². The number of rotatable bonds is 6. The minimum atomic E-state index is -0.384. The van der Waals surface area contributed by atoms with Crippen molar-refractivity contribution in [2.45, 2.75) is 50.7 Å². The number of nitrogens with zero attached hydrogens (tertiary/aromatic N) is 2. The van der Waals surface area contributed by atoms with Crippen LogP contribution in [0.3, 0.4) is 0 Å². The summed E-state index contributed by atoms with van der Waals surface area (Å²) >= 11 is 0. The Morgan fingerprint density at radius 3 is 3.11 bits per heavy atom. The summed E-state index contributed by atoms with van der Waals surface area (Å²) in [6, 6.07) is 1.76. The number of ether oxygens (including phenoxy) is 2. The molecule has 106 valence electrons. The molecular weight excluding hydrogens is 244 g/mol. The molecule has 0 aliphatic carbocycles. The predicted octanol–water partition coefficient (Wildman–Crippen LogP) is 1.74. The maximum Gasteiger partial charge on any atom is 0.216 e. The van der Waals surface area contributed by atoms with E-state index in [1.807, 2.05) is 0 Å². The summed E-state index contributed by atoms with van der Waals surface area (Å²) in [7, 11) is 1.57. The molecule has 1 aliphatic heterocycles. The van der Waals surface area contributed by atoms with Gasteiger partial charge >= 0.3 is 0 Å². The van der Waals surface area contributed by atoms with Gasteiger partial charge in [0.15, 0.2) is 0 Å². The fourth-order valence-corrected chi connectivity index (χ4v) is 2.36. The normalized spacial score (nSPS) is 21.1. The highest BCUT2D eigenvalue weighted by Crippen LogP contribution is 2.19. The minimum Gasteiger partial charge on any atom is -0.481 e. The van der Waals surface area contributed by atoms with Crippen molar-refractivity contribution in [2.75, 3.05) is 13.7 Å². The van der Waals surface area contributed by atoms with Gasteiger partial charge in [0, 0.05) is 19.1 Å². The Kier molecular flexibility index (Phi) is 5.54. The van der Waals surface area contributed by atoms with Gasteiger partial charge in [-0.25, -0.2) is 9.97 Å². The van der Waals surface area contributed by atoms with Gasteiger partial charge in [-0.1, -0.05) is 0 Å². The Balaban J connectivity index is 1.75. The van der Waals surface area contributed by atoms with Crippen LogP contribution in [0, 0.1) is 0 Å². The Morgan fingerprint density at radius 1 is 1.47 bits per heavy atom. The van der Waals surface area contributed by atoms with Crippen molar-refractivity contribution in [2.24, 2.45) is 0 Å². The maximum absolute atomic E-state index is 10.0. The van der Waals surface area contributed by atoms with Crippen molar-refractivity contribution in [1.82, 2.24) is 9.97 Å². The molecule has 0 radical (unpaired) electrons. The van der Waals surface area contributed by atoms with Crippen LogP contribution in [0.4, 0.5) is 0 Å². The lowest BCUT2D eigenvalue weighted by molar-refractivity contribution is 0.00228. The van der Waals surface area contributed by atoms with Gasteiger partial charge in [0.05, 0.1) is 25.0 Å². The van der Waals surface area contributed by atoms with Gasteiger partial charge in [-0.15, -0.1) is 0 Å². The van der Waals surface area contributed by atoms with E-state index >= 15 is 0 Å². The molecule has 0 aromatic carbocycles. The molecule has 5 nitrogen and oxygen atoms in total. The topological polar surface area (TPSA) is 64.5 Å². The van der Waals surface area contributed by atoms with E-state index in [-0.39, 0.29) is 6.10 Å². The first-order chi connectivity index (χ1) is 9.28. The average Bonchev–Trinajstić information content (AvgIpc) is 2.46. The SMILES string of the molecule is COc1cc(CC(O)CCC2CCCCO2)ncn1. The molecule has 1 aliphatic rings. The fraction of sp³-hybridized carbons (Fsp3) is 0.714. The van der Waals surface area contributed by atoms with E-state index in [2.05, 4.69) is 9.97 Å². The van der Waals surface area contributed by atoms with Crippen LogP contribution in [0.1, 0.15) is 37.8 Å². The van der Waals surface area contributed by atoms with Gasteiger partial charge in [0.2, 0.25) is 5.88 Å². The fourth-order valence-electron chi connectivity index (χ4n) is 2.36. The number of aliphatic hydroxyl groups is 1. The van der Waals surface area contributed by atoms with Crippen molar-refractivity contribution in [3.63, 3.8) is 0 Å². The Hall–Kier alpha value is -1.20. The summed E-state index contributed by atoms with van der Waals surface area (Å²) < 4.78 is 10.7. The monoisotopic (exact) mass is 266 g/mol. The molecule has 5 heteroatoms. The summed E-state index contributed by atoms with van der Waals surface area (Å²) in [4.78, 5) is 8.09. The number of hydrogen-bond donors (Lipinski definition) is 1.